The average molecular weight is 290 g/mol. The zero-order valence-electron chi connectivity index (χ0n) is 11.7. The summed E-state index contributed by atoms with van der Waals surface area (Å²) in [5.41, 5.74) is 13.8. The number of benzene rings is 1. The summed E-state index contributed by atoms with van der Waals surface area (Å²) in [5, 5.41) is 3.93. The molecule has 0 aliphatic carbocycles. The minimum absolute atomic E-state index is 0.101. The van der Waals surface area contributed by atoms with E-state index in [1.54, 1.807) is 29.5 Å². The fourth-order valence-electron chi connectivity index (χ4n) is 2.10. The van der Waals surface area contributed by atoms with Gasteiger partial charge >= 0.3 is 0 Å². The van der Waals surface area contributed by atoms with Crippen molar-refractivity contribution in [3.63, 3.8) is 0 Å². The number of nitrogens with one attached hydrogen (secondary N) is 1. The second kappa shape index (κ2) is 5.50. The summed E-state index contributed by atoms with van der Waals surface area (Å²) in [6, 6.07) is 4.75. The second-order valence-corrected chi connectivity index (χ2v) is 6.00. The maximum absolute atomic E-state index is 12.2. The third-order valence-electron chi connectivity index (χ3n) is 2.92. The lowest BCUT2D eigenvalue weighted by atomic mass is 10.1. The molecule has 20 heavy (non-hydrogen) atoms. The highest BCUT2D eigenvalue weighted by molar-refractivity contribution is 7.11. The maximum atomic E-state index is 12.2. The Kier molecular flexibility index (Phi) is 3.94. The number of hydrogen-bond donors (Lipinski definition) is 3. The van der Waals surface area contributed by atoms with Crippen LogP contribution in [0.5, 0.6) is 0 Å². The Balaban J connectivity index is 2.17. The van der Waals surface area contributed by atoms with E-state index in [-0.39, 0.29) is 11.9 Å². The lowest BCUT2D eigenvalue weighted by Crippen LogP contribution is -2.26. The van der Waals surface area contributed by atoms with Crippen LogP contribution in [0.15, 0.2) is 18.2 Å². The molecule has 1 aromatic heterocycles. The normalized spacial score (nSPS) is 12.2. The quantitative estimate of drug-likeness (QED) is 0.757. The molecule has 106 valence electrons. The molecule has 0 aliphatic heterocycles. The number of thiazole rings is 1. The van der Waals surface area contributed by atoms with Gasteiger partial charge in [-0.1, -0.05) is 0 Å². The summed E-state index contributed by atoms with van der Waals surface area (Å²) in [6.45, 7) is 5.84. The SMILES string of the molecule is Cc1nc(C)c(C(C)NC(=O)c2cc(N)cc(N)c2)s1. The number of nitrogen functional groups attached to an aromatic ring is 2. The summed E-state index contributed by atoms with van der Waals surface area (Å²) < 4.78 is 0. The molecule has 0 radical (unpaired) electrons. The number of aromatic nitrogens is 1. The van der Waals surface area contributed by atoms with Gasteiger partial charge in [-0.15, -0.1) is 11.3 Å². The van der Waals surface area contributed by atoms with Gasteiger partial charge in [-0.3, -0.25) is 4.79 Å². The van der Waals surface area contributed by atoms with Crippen LogP contribution in [0.3, 0.4) is 0 Å². The van der Waals surface area contributed by atoms with Crippen LogP contribution in [0.4, 0.5) is 11.4 Å². The summed E-state index contributed by atoms with van der Waals surface area (Å²) in [4.78, 5) is 17.6. The van der Waals surface area contributed by atoms with E-state index in [0.717, 1.165) is 15.6 Å². The number of amides is 1. The molecule has 5 nitrogen and oxygen atoms in total. The minimum Gasteiger partial charge on any atom is -0.399 e. The molecule has 0 spiro atoms. The summed E-state index contributed by atoms with van der Waals surface area (Å²) >= 11 is 1.59. The van der Waals surface area contributed by atoms with E-state index in [0.29, 0.717) is 16.9 Å². The summed E-state index contributed by atoms with van der Waals surface area (Å²) in [5.74, 6) is -0.193. The molecule has 0 fully saturated rings. The molecule has 0 aliphatic rings. The Bertz CT molecular complexity index is 630. The van der Waals surface area contributed by atoms with Gasteiger partial charge in [-0.05, 0) is 39.0 Å². The molecule has 1 aromatic carbocycles. The number of carbonyl (C=O) groups is 1. The Labute approximate surface area is 122 Å². The predicted molar refractivity (Wildman–Crippen MR) is 82.7 cm³/mol. The predicted octanol–water partition coefficient (Wildman–Crippen LogP) is 2.42. The van der Waals surface area contributed by atoms with Crippen LogP contribution in [-0.4, -0.2) is 10.9 Å². The molecule has 1 atom stereocenters. The number of nitrogens with zero attached hydrogens (tertiary/aromatic N) is 1. The van der Waals surface area contributed by atoms with Crippen molar-refractivity contribution in [2.45, 2.75) is 26.8 Å². The van der Waals surface area contributed by atoms with Crippen LogP contribution in [0, 0.1) is 13.8 Å². The van der Waals surface area contributed by atoms with Gasteiger partial charge < -0.3 is 16.8 Å². The first-order valence-electron chi connectivity index (χ1n) is 6.27. The molecule has 0 saturated carbocycles. The monoisotopic (exact) mass is 290 g/mol. The lowest BCUT2D eigenvalue weighted by molar-refractivity contribution is 0.0940. The fourth-order valence-corrected chi connectivity index (χ4v) is 3.03. The first-order valence-corrected chi connectivity index (χ1v) is 7.09. The molecular formula is C14H18N4OS. The molecule has 1 heterocycles. The van der Waals surface area contributed by atoms with Crippen LogP contribution in [0.25, 0.3) is 0 Å². The molecule has 0 saturated heterocycles. The van der Waals surface area contributed by atoms with Crippen molar-refractivity contribution in [2.24, 2.45) is 0 Å². The van der Waals surface area contributed by atoms with Crippen LogP contribution < -0.4 is 16.8 Å². The molecule has 2 rings (SSSR count). The highest BCUT2D eigenvalue weighted by atomic mass is 32.1. The number of anilines is 2. The van der Waals surface area contributed by atoms with Gasteiger partial charge in [0.1, 0.15) is 0 Å². The van der Waals surface area contributed by atoms with E-state index in [9.17, 15) is 4.79 Å². The van der Waals surface area contributed by atoms with Crippen molar-refractivity contribution in [1.82, 2.24) is 10.3 Å². The summed E-state index contributed by atoms with van der Waals surface area (Å²) in [7, 11) is 0. The molecule has 2 aromatic rings. The number of rotatable bonds is 3. The Morgan fingerprint density at radius 3 is 2.35 bits per heavy atom. The van der Waals surface area contributed by atoms with Crippen molar-refractivity contribution in [2.75, 3.05) is 11.5 Å². The number of aryl methyl sites for hydroxylation is 2. The third-order valence-corrected chi connectivity index (χ3v) is 4.18. The smallest absolute Gasteiger partial charge is 0.251 e. The first-order chi connectivity index (χ1) is 9.36. The van der Waals surface area contributed by atoms with Crippen molar-refractivity contribution in [1.29, 1.82) is 0 Å². The molecule has 1 amide bonds. The Hall–Kier alpha value is -2.08. The van der Waals surface area contributed by atoms with Gasteiger partial charge in [0.05, 0.1) is 16.7 Å². The Morgan fingerprint density at radius 1 is 1.25 bits per heavy atom. The molecule has 6 heteroatoms. The van der Waals surface area contributed by atoms with Gasteiger partial charge in [0.15, 0.2) is 0 Å². The van der Waals surface area contributed by atoms with Gasteiger partial charge in [0.25, 0.3) is 5.91 Å². The van der Waals surface area contributed by atoms with Gasteiger partial charge in [-0.25, -0.2) is 4.98 Å². The van der Waals surface area contributed by atoms with Crippen molar-refractivity contribution in [3.8, 4) is 0 Å². The number of hydrogen-bond acceptors (Lipinski definition) is 5. The molecule has 5 N–H and O–H groups in total. The van der Waals surface area contributed by atoms with Crippen molar-refractivity contribution >= 4 is 28.6 Å². The minimum atomic E-state index is -0.193. The highest BCUT2D eigenvalue weighted by Crippen LogP contribution is 2.25. The van der Waals surface area contributed by atoms with E-state index >= 15 is 0 Å². The summed E-state index contributed by atoms with van der Waals surface area (Å²) in [6.07, 6.45) is 0. The van der Waals surface area contributed by atoms with Gasteiger partial charge in [0, 0.05) is 21.8 Å². The largest absolute Gasteiger partial charge is 0.399 e. The molecular weight excluding hydrogens is 272 g/mol. The van der Waals surface area contributed by atoms with Crippen LogP contribution in [-0.2, 0) is 0 Å². The molecule has 1 unspecified atom stereocenters. The van der Waals surface area contributed by atoms with E-state index in [2.05, 4.69) is 10.3 Å². The number of carbonyl (C=O) groups excluding carboxylic acids is 1. The van der Waals surface area contributed by atoms with Gasteiger partial charge in [0.2, 0.25) is 0 Å². The topological polar surface area (TPSA) is 94.0 Å². The van der Waals surface area contributed by atoms with Crippen molar-refractivity contribution < 1.29 is 4.79 Å². The average Bonchev–Trinajstić information content (AvgIpc) is 2.67. The van der Waals surface area contributed by atoms with Crippen molar-refractivity contribution in [3.05, 3.63) is 39.3 Å². The van der Waals surface area contributed by atoms with Crippen LogP contribution in [0.1, 0.15) is 38.9 Å². The van der Waals surface area contributed by atoms with Gasteiger partial charge in [-0.2, -0.15) is 0 Å². The van der Waals surface area contributed by atoms with E-state index in [4.69, 9.17) is 11.5 Å². The Morgan fingerprint density at radius 2 is 1.85 bits per heavy atom. The zero-order chi connectivity index (χ0) is 14.9. The highest BCUT2D eigenvalue weighted by Gasteiger charge is 2.16. The lowest BCUT2D eigenvalue weighted by Gasteiger charge is -2.13. The van der Waals surface area contributed by atoms with Crippen LogP contribution in [0.2, 0.25) is 0 Å². The zero-order valence-corrected chi connectivity index (χ0v) is 12.5. The maximum Gasteiger partial charge on any atom is 0.251 e. The van der Waals surface area contributed by atoms with E-state index in [1.807, 2.05) is 20.8 Å². The van der Waals surface area contributed by atoms with E-state index in [1.165, 1.54) is 0 Å². The standard InChI is InChI=1S/C14H18N4OS/c1-7-13(20-9(3)17-7)8(2)18-14(19)10-4-11(15)6-12(16)5-10/h4-6,8H,15-16H2,1-3H3,(H,18,19). The fraction of sp³-hybridized carbons (Fsp3) is 0.286. The third kappa shape index (κ3) is 3.08. The second-order valence-electron chi connectivity index (χ2n) is 4.77. The van der Waals surface area contributed by atoms with Crippen LogP contribution >= 0.6 is 11.3 Å². The van der Waals surface area contributed by atoms with E-state index < -0.39 is 0 Å². The number of nitrogens with two attached hydrogens (primary N) is 2. The molecule has 0 bridgehead atoms. The first kappa shape index (κ1) is 14.3.